The van der Waals surface area contributed by atoms with Crippen molar-refractivity contribution >= 4 is 34.2 Å². The minimum atomic E-state index is -0.743. The van der Waals surface area contributed by atoms with Gasteiger partial charge in [-0.25, -0.2) is 4.79 Å². The first-order chi connectivity index (χ1) is 18.0. The fourth-order valence-corrected chi connectivity index (χ4v) is 4.65. The summed E-state index contributed by atoms with van der Waals surface area (Å²) in [6.45, 7) is 3.32. The SMILES string of the molecule is Cc1c(-c2ccccc2)oc2c(C(=O)OCC(=O)Nc3ccc(N4CCCCC4)cc3)cccc2c1=O. The summed E-state index contributed by atoms with van der Waals surface area (Å²) in [7, 11) is 0. The van der Waals surface area contributed by atoms with Crippen LogP contribution < -0.4 is 15.6 Å². The molecule has 0 radical (unpaired) electrons. The highest BCUT2D eigenvalue weighted by Crippen LogP contribution is 2.27. The molecule has 1 saturated heterocycles. The van der Waals surface area contributed by atoms with Gasteiger partial charge < -0.3 is 19.4 Å². The first-order valence-corrected chi connectivity index (χ1v) is 12.4. The zero-order valence-electron chi connectivity index (χ0n) is 20.7. The lowest BCUT2D eigenvalue weighted by Gasteiger charge is -2.28. The number of amides is 1. The number of anilines is 2. The van der Waals surface area contributed by atoms with Crippen molar-refractivity contribution in [2.45, 2.75) is 26.2 Å². The Hall–Kier alpha value is -4.39. The topological polar surface area (TPSA) is 88.8 Å². The van der Waals surface area contributed by atoms with Crippen molar-refractivity contribution < 1.29 is 18.7 Å². The molecule has 1 N–H and O–H groups in total. The second-order valence-electron chi connectivity index (χ2n) is 9.15. The van der Waals surface area contributed by atoms with Gasteiger partial charge in [0.1, 0.15) is 11.3 Å². The molecule has 0 spiro atoms. The number of nitrogens with one attached hydrogen (secondary N) is 1. The van der Waals surface area contributed by atoms with Crippen LogP contribution in [0.4, 0.5) is 11.4 Å². The third-order valence-corrected chi connectivity index (χ3v) is 6.61. The molecule has 0 atom stereocenters. The predicted octanol–water partition coefficient (Wildman–Crippen LogP) is 5.55. The van der Waals surface area contributed by atoms with Crippen molar-refractivity contribution in [2.75, 3.05) is 29.9 Å². The normalized spacial score (nSPS) is 13.4. The summed E-state index contributed by atoms with van der Waals surface area (Å²) in [6.07, 6.45) is 3.65. The van der Waals surface area contributed by atoms with Crippen molar-refractivity contribution in [3.05, 3.63) is 94.1 Å². The van der Waals surface area contributed by atoms with E-state index in [4.69, 9.17) is 9.15 Å². The van der Waals surface area contributed by atoms with Crippen LogP contribution >= 0.6 is 0 Å². The number of carbonyl (C=O) groups is 2. The maximum Gasteiger partial charge on any atom is 0.342 e. The van der Waals surface area contributed by atoms with Crippen LogP contribution in [-0.2, 0) is 9.53 Å². The summed E-state index contributed by atoms with van der Waals surface area (Å²) in [5.41, 5.74) is 2.94. The molecule has 0 aliphatic carbocycles. The molecule has 7 heteroatoms. The summed E-state index contributed by atoms with van der Waals surface area (Å²) in [5, 5.41) is 3.04. The highest BCUT2D eigenvalue weighted by Gasteiger charge is 2.20. The third kappa shape index (κ3) is 5.26. The number of nitrogens with zero attached hydrogens (tertiary/aromatic N) is 1. The molecule has 1 aromatic heterocycles. The van der Waals surface area contributed by atoms with Crippen LogP contribution in [0, 0.1) is 6.92 Å². The molecule has 1 fully saturated rings. The summed E-state index contributed by atoms with van der Waals surface area (Å²) >= 11 is 0. The van der Waals surface area contributed by atoms with Gasteiger partial charge in [-0.2, -0.15) is 0 Å². The molecular weight excluding hydrogens is 468 g/mol. The van der Waals surface area contributed by atoms with Crippen molar-refractivity contribution in [1.29, 1.82) is 0 Å². The van der Waals surface area contributed by atoms with Crippen LogP contribution in [0.2, 0.25) is 0 Å². The van der Waals surface area contributed by atoms with Crippen LogP contribution in [0.15, 0.2) is 82.0 Å². The van der Waals surface area contributed by atoms with Gasteiger partial charge in [-0.15, -0.1) is 0 Å². The smallest absolute Gasteiger partial charge is 0.342 e. The Bertz CT molecular complexity index is 1490. The van der Waals surface area contributed by atoms with E-state index in [0.717, 1.165) is 24.3 Å². The number of ether oxygens (including phenoxy) is 1. The number of esters is 1. The van der Waals surface area contributed by atoms with Gasteiger partial charge in [-0.05, 0) is 62.6 Å². The molecule has 1 aliphatic rings. The Labute approximate surface area is 214 Å². The Kier molecular flexibility index (Phi) is 7.03. The number of para-hydroxylation sites is 1. The molecular formula is C30H28N2O5. The van der Waals surface area contributed by atoms with Gasteiger partial charge in [0.15, 0.2) is 17.6 Å². The average Bonchev–Trinajstić information content (AvgIpc) is 2.94. The number of hydrogen-bond acceptors (Lipinski definition) is 6. The fraction of sp³-hybridized carbons (Fsp3) is 0.233. The van der Waals surface area contributed by atoms with E-state index in [-0.39, 0.29) is 22.0 Å². The van der Waals surface area contributed by atoms with Gasteiger partial charge in [0.2, 0.25) is 0 Å². The second kappa shape index (κ2) is 10.7. The van der Waals surface area contributed by atoms with E-state index in [1.54, 1.807) is 19.1 Å². The zero-order valence-corrected chi connectivity index (χ0v) is 20.7. The Morgan fingerprint density at radius 1 is 0.919 bits per heavy atom. The Balaban J connectivity index is 1.29. The van der Waals surface area contributed by atoms with Gasteiger partial charge in [-0.3, -0.25) is 9.59 Å². The Morgan fingerprint density at radius 3 is 2.38 bits per heavy atom. The number of fused-ring (bicyclic) bond motifs is 1. The molecule has 0 unspecified atom stereocenters. The van der Waals surface area contributed by atoms with Gasteiger partial charge in [-0.1, -0.05) is 36.4 Å². The van der Waals surface area contributed by atoms with E-state index in [9.17, 15) is 14.4 Å². The van der Waals surface area contributed by atoms with Gasteiger partial charge in [0.25, 0.3) is 5.91 Å². The number of carbonyl (C=O) groups excluding carboxylic acids is 2. The van der Waals surface area contributed by atoms with Crippen LogP contribution in [0.25, 0.3) is 22.3 Å². The molecule has 2 heterocycles. The lowest BCUT2D eigenvalue weighted by molar-refractivity contribution is -0.119. The quantitative estimate of drug-likeness (QED) is 0.352. The predicted molar refractivity (Wildman–Crippen MR) is 144 cm³/mol. The minimum Gasteiger partial charge on any atom is -0.455 e. The van der Waals surface area contributed by atoms with E-state index in [2.05, 4.69) is 10.2 Å². The molecule has 4 aromatic rings. The van der Waals surface area contributed by atoms with Crippen molar-refractivity contribution in [2.24, 2.45) is 0 Å². The van der Waals surface area contributed by atoms with Crippen molar-refractivity contribution in [1.82, 2.24) is 0 Å². The first-order valence-electron chi connectivity index (χ1n) is 12.4. The molecule has 1 aliphatic heterocycles. The van der Waals surface area contributed by atoms with E-state index in [1.807, 2.05) is 54.6 Å². The monoisotopic (exact) mass is 496 g/mol. The van der Waals surface area contributed by atoms with Crippen molar-refractivity contribution in [3.8, 4) is 11.3 Å². The summed E-state index contributed by atoms with van der Waals surface area (Å²) < 4.78 is 11.4. The largest absolute Gasteiger partial charge is 0.455 e. The molecule has 37 heavy (non-hydrogen) atoms. The number of hydrogen-bond donors (Lipinski definition) is 1. The number of rotatable bonds is 6. The minimum absolute atomic E-state index is 0.0884. The average molecular weight is 497 g/mol. The highest BCUT2D eigenvalue weighted by atomic mass is 16.5. The molecule has 0 saturated carbocycles. The standard InChI is InChI=1S/C30H28N2O5/c1-20-27(34)24-11-8-12-25(29(24)37-28(20)21-9-4-2-5-10-21)30(35)36-19-26(33)31-22-13-15-23(16-14-22)32-17-6-3-7-18-32/h2,4-5,8-16H,3,6-7,17-19H2,1H3,(H,31,33). The van der Waals surface area contributed by atoms with E-state index >= 15 is 0 Å². The maximum absolute atomic E-state index is 13.0. The van der Waals surface area contributed by atoms with Crippen molar-refractivity contribution in [3.63, 3.8) is 0 Å². The third-order valence-electron chi connectivity index (χ3n) is 6.61. The van der Waals surface area contributed by atoms with Gasteiger partial charge in [0, 0.05) is 35.6 Å². The number of piperidine rings is 1. The van der Waals surface area contributed by atoms with Gasteiger partial charge >= 0.3 is 5.97 Å². The molecule has 5 rings (SSSR count). The highest BCUT2D eigenvalue weighted by molar-refractivity contribution is 6.03. The van der Waals surface area contributed by atoms with E-state index in [1.165, 1.54) is 25.3 Å². The lowest BCUT2D eigenvalue weighted by atomic mass is 10.0. The van der Waals surface area contributed by atoms with Crippen LogP contribution in [0.3, 0.4) is 0 Å². The molecule has 1 amide bonds. The second-order valence-corrected chi connectivity index (χ2v) is 9.15. The molecule has 0 bridgehead atoms. The maximum atomic E-state index is 13.0. The van der Waals surface area contributed by atoms with E-state index in [0.29, 0.717) is 17.0 Å². The number of benzene rings is 3. The lowest BCUT2D eigenvalue weighted by Crippen LogP contribution is -2.29. The summed E-state index contributed by atoms with van der Waals surface area (Å²) in [5.74, 6) is -0.808. The first kappa shape index (κ1) is 24.3. The summed E-state index contributed by atoms with van der Waals surface area (Å²) in [4.78, 5) is 40.7. The molecule has 188 valence electrons. The molecule has 7 nitrogen and oxygen atoms in total. The Morgan fingerprint density at radius 2 is 1.65 bits per heavy atom. The molecule has 3 aromatic carbocycles. The van der Waals surface area contributed by atoms with Gasteiger partial charge in [0.05, 0.1) is 5.39 Å². The van der Waals surface area contributed by atoms with Crippen LogP contribution in [0.1, 0.15) is 35.2 Å². The fourth-order valence-electron chi connectivity index (χ4n) is 4.65. The summed E-state index contributed by atoms with van der Waals surface area (Å²) in [6, 6.07) is 21.6. The van der Waals surface area contributed by atoms with Crippen LogP contribution in [-0.4, -0.2) is 31.6 Å². The van der Waals surface area contributed by atoms with Crippen LogP contribution in [0.5, 0.6) is 0 Å². The van der Waals surface area contributed by atoms with E-state index < -0.39 is 18.5 Å². The zero-order chi connectivity index (χ0) is 25.8.